The van der Waals surface area contributed by atoms with Crippen LogP contribution in [0, 0.1) is 11.8 Å². The normalized spacial score (nSPS) is 28.4. The molecule has 1 saturated heterocycles. The molecule has 2 heterocycles. The van der Waals surface area contributed by atoms with Gasteiger partial charge in [0.05, 0.1) is 11.8 Å². The number of pyridine rings is 1. The maximum atomic E-state index is 11.1. The third-order valence-electron chi connectivity index (χ3n) is 5.91. The SMILES string of the molecule is Oc1ccc(CCN2C[C@@H]3CC(O)(Cc4ccccc4Cl)C[C@@H]3C2)nc1. The van der Waals surface area contributed by atoms with E-state index in [-0.39, 0.29) is 5.75 Å². The van der Waals surface area contributed by atoms with Crippen molar-refractivity contribution >= 4 is 11.6 Å². The van der Waals surface area contributed by atoms with Crippen molar-refractivity contribution in [3.63, 3.8) is 0 Å². The second kappa shape index (κ2) is 7.18. The quantitative estimate of drug-likeness (QED) is 0.845. The molecule has 1 saturated carbocycles. The van der Waals surface area contributed by atoms with Crippen LogP contribution in [0.25, 0.3) is 0 Å². The molecule has 2 aliphatic rings. The molecule has 3 atom stereocenters. The highest BCUT2D eigenvalue weighted by Gasteiger charge is 2.48. The van der Waals surface area contributed by atoms with Crippen LogP contribution in [-0.2, 0) is 12.8 Å². The van der Waals surface area contributed by atoms with E-state index in [4.69, 9.17) is 11.6 Å². The minimum atomic E-state index is -0.620. The smallest absolute Gasteiger partial charge is 0.133 e. The monoisotopic (exact) mass is 372 g/mol. The third kappa shape index (κ3) is 3.88. The Balaban J connectivity index is 1.31. The number of hydrogen-bond acceptors (Lipinski definition) is 4. The maximum absolute atomic E-state index is 11.1. The van der Waals surface area contributed by atoms with Crippen LogP contribution in [0.2, 0.25) is 5.02 Å². The van der Waals surface area contributed by atoms with Gasteiger partial charge in [-0.1, -0.05) is 29.8 Å². The Bertz CT molecular complexity index is 751. The molecule has 26 heavy (non-hydrogen) atoms. The number of likely N-dealkylation sites (tertiary alicyclic amines) is 1. The molecule has 2 aromatic rings. The number of nitrogens with zero attached hydrogens (tertiary/aromatic N) is 2. The van der Waals surface area contributed by atoms with Crippen molar-refractivity contribution in [1.29, 1.82) is 0 Å². The van der Waals surface area contributed by atoms with Gasteiger partial charge in [0.2, 0.25) is 0 Å². The average molecular weight is 373 g/mol. The van der Waals surface area contributed by atoms with Crippen LogP contribution < -0.4 is 0 Å². The largest absolute Gasteiger partial charge is 0.506 e. The highest BCUT2D eigenvalue weighted by Crippen LogP contribution is 2.45. The summed E-state index contributed by atoms with van der Waals surface area (Å²) in [5.74, 6) is 1.34. The van der Waals surface area contributed by atoms with Crippen LogP contribution in [-0.4, -0.2) is 45.3 Å². The van der Waals surface area contributed by atoms with E-state index in [0.717, 1.165) is 55.2 Å². The predicted octanol–water partition coefficient (Wildman–Crippen LogP) is 3.30. The van der Waals surface area contributed by atoms with E-state index < -0.39 is 5.60 Å². The van der Waals surface area contributed by atoms with Crippen molar-refractivity contribution in [2.45, 2.75) is 31.3 Å². The lowest BCUT2D eigenvalue weighted by Crippen LogP contribution is -2.32. The van der Waals surface area contributed by atoms with Crippen LogP contribution in [0.5, 0.6) is 5.75 Å². The third-order valence-corrected chi connectivity index (χ3v) is 6.28. The standard InChI is InChI=1S/C21H25ClN2O2/c22-20-4-2-1-3-15(20)9-21(26)10-16-13-24(14-17(16)11-21)8-7-18-5-6-19(25)12-23-18/h1-6,12,16-17,25-26H,7-11,13-14H2/t16-,17+,21?. The summed E-state index contributed by atoms with van der Waals surface area (Å²) in [6, 6.07) is 11.4. The molecular weight excluding hydrogens is 348 g/mol. The van der Waals surface area contributed by atoms with E-state index in [0.29, 0.717) is 18.3 Å². The van der Waals surface area contributed by atoms with Crippen LogP contribution >= 0.6 is 11.6 Å². The molecule has 5 heteroatoms. The molecule has 1 unspecified atom stereocenters. The molecule has 0 spiro atoms. The summed E-state index contributed by atoms with van der Waals surface area (Å²) in [6.07, 6.45) is 4.76. The number of rotatable bonds is 5. The molecule has 2 fully saturated rings. The predicted molar refractivity (Wildman–Crippen MR) is 102 cm³/mol. The number of fused-ring (bicyclic) bond motifs is 1. The maximum Gasteiger partial charge on any atom is 0.133 e. The Kier molecular flexibility index (Phi) is 4.91. The van der Waals surface area contributed by atoms with Gasteiger partial charge in [-0.15, -0.1) is 0 Å². The van der Waals surface area contributed by atoms with Gasteiger partial charge in [-0.05, 0) is 48.4 Å². The van der Waals surface area contributed by atoms with Gasteiger partial charge >= 0.3 is 0 Å². The summed E-state index contributed by atoms with van der Waals surface area (Å²) in [5.41, 5.74) is 1.44. The first-order valence-electron chi connectivity index (χ1n) is 9.33. The number of halogens is 1. The molecule has 138 valence electrons. The Morgan fingerprint density at radius 3 is 2.50 bits per heavy atom. The number of benzene rings is 1. The first-order chi connectivity index (χ1) is 12.5. The van der Waals surface area contributed by atoms with E-state index in [1.54, 1.807) is 6.07 Å². The molecule has 0 amide bonds. The highest BCUT2D eigenvalue weighted by molar-refractivity contribution is 6.31. The van der Waals surface area contributed by atoms with Crippen molar-refractivity contribution in [2.75, 3.05) is 19.6 Å². The van der Waals surface area contributed by atoms with Gasteiger partial charge in [0.15, 0.2) is 0 Å². The molecular formula is C21H25ClN2O2. The van der Waals surface area contributed by atoms with Gasteiger partial charge < -0.3 is 15.1 Å². The summed E-state index contributed by atoms with van der Waals surface area (Å²) >= 11 is 6.28. The van der Waals surface area contributed by atoms with Gasteiger partial charge in [0.1, 0.15) is 5.75 Å². The molecule has 1 aromatic carbocycles. The van der Waals surface area contributed by atoms with E-state index in [1.807, 2.05) is 30.3 Å². The van der Waals surface area contributed by atoms with Gasteiger partial charge in [0.25, 0.3) is 0 Å². The van der Waals surface area contributed by atoms with Crippen LogP contribution in [0.15, 0.2) is 42.6 Å². The number of aromatic nitrogens is 1. The van der Waals surface area contributed by atoms with Gasteiger partial charge in [-0.3, -0.25) is 4.98 Å². The summed E-state index contributed by atoms with van der Waals surface area (Å²) in [7, 11) is 0. The number of hydrogen-bond donors (Lipinski definition) is 2. The Morgan fingerprint density at radius 1 is 1.12 bits per heavy atom. The fourth-order valence-electron chi connectivity index (χ4n) is 4.72. The van der Waals surface area contributed by atoms with Crippen LogP contribution in [0.1, 0.15) is 24.1 Å². The molecule has 0 bridgehead atoms. The van der Waals surface area contributed by atoms with E-state index in [1.165, 1.54) is 6.20 Å². The van der Waals surface area contributed by atoms with Crippen LogP contribution in [0.3, 0.4) is 0 Å². The topological polar surface area (TPSA) is 56.6 Å². The zero-order valence-corrected chi connectivity index (χ0v) is 15.6. The van der Waals surface area contributed by atoms with Crippen molar-refractivity contribution in [3.05, 3.63) is 58.9 Å². The fourth-order valence-corrected chi connectivity index (χ4v) is 4.92. The first kappa shape index (κ1) is 17.8. The zero-order chi connectivity index (χ0) is 18.1. The van der Waals surface area contributed by atoms with Crippen molar-refractivity contribution < 1.29 is 10.2 Å². The molecule has 1 aliphatic carbocycles. The molecule has 4 rings (SSSR count). The van der Waals surface area contributed by atoms with E-state index in [2.05, 4.69) is 9.88 Å². The molecule has 1 aliphatic heterocycles. The molecule has 2 N–H and O–H groups in total. The molecule has 0 radical (unpaired) electrons. The Morgan fingerprint density at radius 2 is 1.85 bits per heavy atom. The Labute approximate surface area is 159 Å². The minimum Gasteiger partial charge on any atom is -0.506 e. The van der Waals surface area contributed by atoms with Crippen LogP contribution in [0.4, 0.5) is 0 Å². The first-order valence-corrected chi connectivity index (χ1v) is 9.71. The van der Waals surface area contributed by atoms with Crippen molar-refractivity contribution in [2.24, 2.45) is 11.8 Å². The Hall–Kier alpha value is -1.62. The second-order valence-corrected chi connectivity index (χ2v) is 8.35. The summed E-state index contributed by atoms with van der Waals surface area (Å²) < 4.78 is 0. The fraction of sp³-hybridized carbons (Fsp3) is 0.476. The summed E-state index contributed by atoms with van der Waals surface area (Å²) in [6.45, 7) is 3.08. The number of aromatic hydroxyl groups is 1. The lowest BCUT2D eigenvalue weighted by molar-refractivity contribution is 0.0355. The molecule has 4 nitrogen and oxygen atoms in total. The lowest BCUT2D eigenvalue weighted by Gasteiger charge is -2.26. The lowest BCUT2D eigenvalue weighted by atomic mass is 9.91. The second-order valence-electron chi connectivity index (χ2n) is 7.94. The van der Waals surface area contributed by atoms with Crippen molar-refractivity contribution in [1.82, 2.24) is 9.88 Å². The summed E-state index contributed by atoms with van der Waals surface area (Å²) in [5, 5.41) is 21.1. The van der Waals surface area contributed by atoms with E-state index >= 15 is 0 Å². The summed E-state index contributed by atoms with van der Waals surface area (Å²) in [4.78, 5) is 6.75. The average Bonchev–Trinajstić information content (AvgIpc) is 3.11. The van der Waals surface area contributed by atoms with Gasteiger partial charge in [-0.25, -0.2) is 0 Å². The minimum absolute atomic E-state index is 0.210. The molecule has 1 aromatic heterocycles. The van der Waals surface area contributed by atoms with E-state index in [9.17, 15) is 10.2 Å². The zero-order valence-electron chi connectivity index (χ0n) is 14.8. The van der Waals surface area contributed by atoms with Gasteiger partial charge in [0, 0.05) is 43.2 Å². The highest BCUT2D eigenvalue weighted by atomic mass is 35.5. The van der Waals surface area contributed by atoms with Gasteiger partial charge in [-0.2, -0.15) is 0 Å². The van der Waals surface area contributed by atoms with Crippen molar-refractivity contribution in [3.8, 4) is 5.75 Å². The number of aliphatic hydroxyl groups is 1.